The molecule has 5 heterocycles. The Bertz CT molecular complexity index is 1330. The Morgan fingerprint density at radius 1 is 1.03 bits per heavy atom. The summed E-state index contributed by atoms with van der Waals surface area (Å²) in [6.45, 7) is 6.46. The van der Waals surface area contributed by atoms with Gasteiger partial charge in [-0.2, -0.15) is 0 Å². The van der Waals surface area contributed by atoms with Crippen LogP contribution in [0.5, 0.6) is 0 Å². The van der Waals surface area contributed by atoms with Crippen LogP contribution in [0, 0.1) is 0 Å². The van der Waals surface area contributed by atoms with Gasteiger partial charge in [0.15, 0.2) is 11.6 Å². The first-order chi connectivity index (χ1) is 18.8. The molecule has 0 radical (unpaired) electrons. The van der Waals surface area contributed by atoms with Gasteiger partial charge in [0.1, 0.15) is 12.1 Å². The fourth-order valence-corrected chi connectivity index (χ4v) is 4.95. The van der Waals surface area contributed by atoms with E-state index in [1.54, 1.807) is 18.5 Å². The van der Waals surface area contributed by atoms with E-state index >= 15 is 0 Å². The van der Waals surface area contributed by atoms with Gasteiger partial charge in [-0.05, 0) is 43.2 Å². The van der Waals surface area contributed by atoms with Crippen LogP contribution in [0.4, 0.5) is 23.3 Å². The summed E-state index contributed by atoms with van der Waals surface area (Å²) in [5.74, 6) is 3.18. The standard InChI is InChI=1S/C27H31N9O2/c1-2-21-17-37-15-13-36(21)26-22-8-12-35(27-28-10-3-11-29-27)16-23(22)32-25(33-26)19-4-6-20(7-5-19)30-18-31-24-9-14-38-34-24/h3-7,9-11,14,21,30H,2,8,12-13,15-18H2,1H3,(H,31,34). The van der Waals surface area contributed by atoms with Gasteiger partial charge in [0.2, 0.25) is 5.95 Å². The van der Waals surface area contributed by atoms with Crippen molar-refractivity contribution < 1.29 is 9.26 Å². The van der Waals surface area contributed by atoms with Crippen LogP contribution in [-0.2, 0) is 17.7 Å². The van der Waals surface area contributed by atoms with Crippen LogP contribution in [-0.4, -0.2) is 64.1 Å². The lowest BCUT2D eigenvalue weighted by atomic mass is 10.0. The van der Waals surface area contributed by atoms with E-state index in [4.69, 9.17) is 19.2 Å². The first-order valence-electron chi connectivity index (χ1n) is 13.0. The van der Waals surface area contributed by atoms with Gasteiger partial charge in [-0.3, -0.25) is 0 Å². The predicted octanol–water partition coefficient (Wildman–Crippen LogP) is 3.58. The zero-order valence-electron chi connectivity index (χ0n) is 21.4. The Balaban J connectivity index is 1.29. The number of nitrogens with zero attached hydrogens (tertiary/aromatic N) is 7. The normalized spacial score (nSPS) is 17.2. The Morgan fingerprint density at radius 3 is 2.68 bits per heavy atom. The van der Waals surface area contributed by atoms with Gasteiger partial charge in [0.25, 0.3) is 0 Å². The van der Waals surface area contributed by atoms with Crippen molar-refractivity contribution in [2.45, 2.75) is 32.4 Å². The fraction of sp³-hybridized carbons (Fsp3) is 0.370. The number of benzene rings is 1. The summed E-state index contributed by atoms with van der Waals surface area (Å²) >= 11 is 0. The molecule has 3 aromatic heterocycles. The van der Waals surface area contributed by atoms with Crippen molar-refractivity contribution in [1.82, 2.24) is 25.1 Å². The molecule has 0 spiro atoms. The quantitative estimate of drug-likeness (QED) is 0.337. The molecule has 6 rings (SSSR count). The van der Waals surface area contributed by atoms with Crippen LogP contribution >= 0.6 is 0 Å². The summed E-state index contributed by atoms with van der Waals surface area (Å²) < 4.78 is 10.6. The van der Waals surface area contributed by atoms with Gasteiger partial charge in [-0.15, -0.1) is 0 Å². The minimum atomic E-state index is 0.301. The van der Waals surface area contributed by atoms with E-state index in [9.17, 15) is 0 Å². The summed E-state index contributed by atoms with van der Waals surface area (Å²) in [5.41, 5.74) is 4.20. The fourth-order valence-electron chi connectivity index (χ4n) is 4.95. The first-order valence-corrected chi connectivity index (χ1v) is 13.0. The van der Waals surface area contributed by atoms with E-state index in [0.29, 0.717) is 31.7 Å². The van der Waals surface area contributed by atoms with Crippen LogP contribution in [0.15, 0.2) is 59.6 Å². The molecule has 196 valence electrons. The highest BCUT2D eigenvalue weighted by atomic mass is 16.5. The van der Waals surface area contributed by atoms with Gasteiger partial charge in [0, 0.05) is 48.4 Å². The minimum absolute atomic E-state index is 0.301. The second-order valence-electron chi connectivity index (χ2n) is 9.34. The molecule has 0 bridgehead atoms. The van der Waals surface area contributed by atoms with Gasteiger partial charge in [-0.25, -0.2) is 19.9 Å². The first kappa shape index (κ1) is 24.1. The lowest BCUT2D eigenvalue weighted by Crippen LogP contribution is -2.47. The van der Waals surface area contributed by atoms with E-state index < -0.39 is 0 Å². The second kappa shape index (κ2) is 11.0. The molecule has 11 heteroatoms. The van der Waals surface area contributed by atoms with Gasteiger partial charge in [-0.1, -0.05) is 12.1 Å². The summed E-state index contributed by atoms with van der Waals surface area (Å²) in [6.07, 6.45) is 6.95. The Labute approximate surface area is 221 Å². The minimum Gasteiger partial charge on any atom is -0.377 e. The highest BCUT2D eigenvalue weighted by molar-refractivity contribution is 5.64. The average molecular weight is 514 g/mol. The number of hydrogen-bond acceptors (Lipinski definition) is 11. The van der Waals surface area contributed by atoms with E-state index in [0.717, 1.165) is 67.1 Å². The molecule has 1 saturated heterocycles. The monoisotopic (exact) mass is 513 g/mol. The Kier molecular flexibility index (Phi) is 6.99. The molecule has 1 fully saturated rings. The summed E-state index contributed by atoms with van der Waals surface area (Å²) in [4.78, 5) is 23.8. The van der Waals surface area contributed by atoms with Crippen molar-refractivity contribution >= 4 is 23.3 Å². The third-order valence-electron chi connectivity index (χ3n) is 6.99. The molecule has 4 aromatic rings. The highest BCUT2D eigenvalue weighted by Gasteiger charge is 2.30. The predicted molar refractivity (Wildman–Crippen MR) is 145 cm³/mol. The maximum Gasteiger partial charge on any atom is 0.225 e. The van der Waals surface area contributed by atoms with Gasteiger partial charge >= 0.3 is 0 Å². The van der Waals surface area contributed by atoms with Crippen molar-refractivity contribution in [3.8, 4) is 11.4 Å². The van der Waals surface area contributed by atoms with Crippen LogP contribution in [0.25, 0.3) is 11.4 Å². The molecule has 2 N–H and O–H groups in total. The topological polar surface area (TPSA) is 117 Å². The lowest BCUT2D eigenvalue weighted by molar-refractivity contribution is 0.0924. The number of anilines is 4. The molecule has 0 aliphatic carbocycles. The van der Waals surface area contributed by atoms with Crippen LogP contribution in [0.1, 0.15) is 24.6 Å². The van der Waals surface area contributed by atoms with Crippen molar-refractivity contribution in [2.24, 2.45) is 0 Å². The number of nitrogens with one attached hydrogen (secondary N) is 2. The van der Waals surface area contributed by atoms with E-state index in [2.05, 4.69) is 54.6 Å². The molecule has 1 unspecified atom stereocenters. The molecule has 1 atom stereocenters. The molecular formula is C27H31N9O2. The van der Waals surface area contributed by atoms with Crippen LogP contribution in [0.3, 0.4) is 0 Å². The maximum absolute atomic E-state index is 5.80. The second-order valence-corrected chi connectivity index (χ2v) is 9.34. The Hall–Kier alpha value is -4.25. The molecule has 2 aliphatic rings. The zero-order valence-corrected chi connectivity index (χ0v) is 21.4. The van der Waals surface area contributed by atoms with Gasteiger partial charge in [0.05, 0.1) is 38.2 Å². The summed E-state index contributed by atoms with van der Waals surface area (Å²) in [5, 5.41) is 10.3. The summed E-state index contributed by atoms with van der Waals surface area (Å²) in [7, 11) is 0. The van der Waals surface area contributed by atoms with Crippen molar-refractivity contribution in [3.05, 3.63) is 66.3 Å². The number of rotatable bonds is 8. The molecule has 1 aromatic carbocycles. The van der Waals surface area contributed by atoms with Crippen LogP contribution in [0.2, 0.25) is 0 Å². The number of morpholine rings is 1. The van der Waals surface area contributed by atoms with Crippen molar-refractivity contribution in [2.75, 3.05) is 53.4 Å². The third kappa shape index (κ3) is 5.10. The Morgan fingerprint density at radius 2 is 1.89 bits per heavy atom. The van der Waals surface area contributed by atoms with Crippen molar-refractivity contribution in [1.29, 1.82) is 0 Å². The highest BCUT2D eigenvalue weighted by Crippen LogP contribution is 2.33. The molecule has 38 heavy (non-hydrogen) atoms. The number of fused-ring (bicyclic) bond motifs is 1. The van der Waals surface area contributed by atoms with E-state index in [1.807, 2.05) is 18.2 Å². The molecule has 11 nitrogen and oxygen atoms in total. The molecular weight excluding hydrogens is 482 g/mol. The van der Waals surface area contributed by atoms with Crippen LogP contribution < -0.4 is 20.4 Å². The van der Waals surface area contributed by atoms with E-state index in [-0.39, 0.29) is 0 Å². The summed E-state index contributed by atoms with van der Waals surface area (Å²) in [6, 6.07) is 12.1. The zero-order chi connectivity index (χ0) is 25.7. The smallest absolute Gasteiger partial charge is 0.225 e. The number of ether oxygens (including phenoxy) is 1. The third-order valence-corrected chi connectivity index (χ3v) is 6.99. The van der Waals surface area contributed by atoms with Gasteiger partial charge < -0.3 is 29.7 Å². The molecule has 0 saturated carbocycles. The average Bonchev–Trinajstić information content (AvgIpc) is 3.51. The van der Waals surface area contributed by atoms with E-state index in [1.165, 1.54) is 11.8 Å². The molecule has 2 aliphatic heterocycles. The van der Waals surface area contributed by atoms with Crippen molar-refractivity contribution in [3.63, 3.8) is 0 Å². The number of aromatic nitrogens is 5. The number of hydrogen-bond donors (Lipinski definition) is 2. The largest absolute Gasteiger partial charge is 0.377 e. The lowest BCUT2D eigenvalue weighted by Gasteiger charge is -2.39. The SMILES string of the molecule is CCC1COCCN1c1nc(-c2ccc(NCNc3ccon3)cc2)nc2c1CCN(c1ncccn1)C2. The maximum atomic E-state index is 5.80. The molecule has 0 amide bonds.